The van der Waals surface area contributed by atoms with Crippen molar-refractivity contribution in [2.45, 2.75) is 18.8 Å². The highest BCUT2D eigenvalue weighted by Crippen LogP contribution is 2.39. The molecule has 1 aromatic heterocycles. The van der Waals surface area contributed by atoms with Gasteiger partial charge in [0.05, 0.1) is 0 Å². The summed E-state index contributed by atoms with van der Waals surface area (Å²) in [6.07, 6.45) is 5.59. The van der Waals surface area contributed by atoms with Gasteiger partial charge in [0.25, 0.3) is 0 Å². The van der Waals surface area contributed by atoms with Gasteiger partial charge in [-0.25, -0.2) is 0 Å². The minimum Gasteiger partial charge on any atom is -0.366 e. The number of hydrogen-bond acceptors (Lipinski definition) is 2. The van der Waals surface area contributed by atoms with Crippen molar-refractivity contribution in [1.29, 1.82) is 0 Å². The third-order valence-corrected chi connectivity index (χ3v) is 4.14. The van der Waals surface area contributed by atoms with E-state index in [1.165, 1.54) is 11.1 Å². The maximum atomic E-state index is 11.5. The smallest absolute Gasteiger partial charge is 0.248 e. The highest BCUT2D eigenvalue weighted by Gasteiger charge is 2.26. The molecule has 23 heavy (non-hydrogen) atoms. The van der Waals surface area contributed by atoms with Crippen molar-refractivity contribution in [3.8, 4) is 0 Å². The summed E-state index contributed by atoms with van der Waals surface area (Å²) in [5.74, 6) is -0.0279. The van der Waals surface area contributed by atoms with Gasteiger partial charge < -0.3 is 5.73 Å². The molecule has 0 saturated carbocycles. The van der Waals surface area contributed by atoms with Crippen LogP contribution in [0.25, 0.3) is 0 Å². The topological polar surface area (TPSA) is 71.8 Å². The van der Waals surface area contributed by atoms with Crippen molar-refractivity contribution >= 4 is 5.91 Å². The average Bonchev–Trinajstić information content (AvgIpc) is 3.28. The summed E-state index contributed by atoms with van der Waals surface area (Å²) in [4.78, 5) is 11.5. The summed E-state index contributed by atoms with van der Waals surface area (Å²) in [6.45, 7) is 0. The Balaban J connectivity index is 0.000000267. The van der Waals surface area contributed by atoms with Gasteiger partial charge in [0, 0.05) is 23.9 Å². The van der Waals surface area contributed by atoms with E-state index in [1.807, 2.05) is 30.3 Å². The zero-order valence-corrected chi connectivity index (χ0v) is 12.8. The van der Waals surface area contributed by atoms with Gasteiger partial charge in [0.1, 0.15) is 0 Å². The summed E-state index contributed by atoms with van der Waals surface area (Å²) >= 11 is 0. The standard InChI is InChI=1S/C16H15NO.C3H4N2/c17-16(18)15-8-4-3-7-13(15)14-10-9-11-5-1-2-6-12(11)14;1-2-4-5-3-1/h1-8,14H,9-10H2,(H2,17,18);1-3H,(H,4,5). The number of carbonyl (C=O) groups excluding carboxylic acids is 1. The Bertz CT molecular complexity index is 764. The van der Waals surface area contributed by atoms with Gasteiger partial charge in [0.2, 0.25) is 5.91 Å². The Morgan fingerprint density at radius 1 is 1.04 bits per heavy atom. The molecule has 0 fully saturated rings. The van der Waals surface area contributed by atoms with Crippen LogP contribution in [0.2, 0.25) is 0 Å². The fourth-order valence-electron chi connectivity index (χ4n) is 3.12. The van der Waals surface area contributed by atoms with Crippen molar-refractivity contribution in [3.05, 3.63) is 89.2 Å². The minimum absolute atomic E-state index is 0.310. The lowest BCUT2D eigenvalue weighted by molar-refractivity contribution is 0.0999. The molecule has 4 heteroatoms. The lowest BCUT2D eigenvalue weighted by Crippen LogP contribution is -2.15. The number of aromatic nitrogens is 2. The number of rotatable bonds is 2. The minimum atomic E-state index is -0.338. The van der Waals surface area contributed by atoms with Crippen LogP contribution in [0.5, 0.6) is 0 Å². The molecule has 4 nitrogen and oxygen atoms in total. The first-order valence-electron chi connectivity index (χ1n) is 7.67. The van der Waals surface area contributed by atoms with E-state index in [-0.39, 0.29) is 5.91 Å². The predicted octanol–water partition coefficient (Wildman–Crippen LogP) is 3.27. The fourth-order valence-corrected chi connectivity index (χ4v) is 3.12. The van der Waals surface area contributed by atoms with Crippen molar-refractivity contribution in [2.75, 3.05) is 0 Å². The highest BCUT2D eigenvalue weighted by atomic mass is 16.1. The Morgan fingerprint density at radius 2 is 1.78 bits per heavy atom. The molecule has 0 saturated heterocycles. The van der Waals surface area contributed by atoms with Gasteiger partial charge in [-0.15, -0.1) is 0 Å². The fraction of sp³-hybridized carbons (Fsp3) is 0.158. The molecule has 2 aromatic carbocycles. The van der Waals surface area contributed by atoms with E-state index in [2.05, 4.69) is 34.5 Å². The van der Waals surface area contributed by atoms with E-state index in [9.17, 15) is 4.79 Å². The molecular weight excluding hydrogens is 286 g/mol. The van der Waals surface area contributed by atoms with E-state index in [0.717, 1.165) is 18.4 Å². The van der Waals surface area contributed by atoms with E-state index >= 15 is 0 Å². The molecule has 3 aromatic rings. The summed E-state index contributed by atoms with van der Waals surface area (Å²) in [5, 5.41) is 6.21. The molecule has 1 aliphatic rings. The summed E-state index contributed by atoms with van der Waals surface area (Å²) < 4.78 is 0. The molecule has 1 atom stereocenters. The molecule has 1 unspecified atom stereocenters. The van der Waals surface area contributed by atoms with Gasteiger partial charge in [-0.3, -0.25) is 9.89 Å². The molecule has 4 rings (SSSR count). The number of amides is 1. The molecule has 116 valence electrons. The zero-order valence-electron chi connectivity index (χ0n) is 12.8. The third-order valence-electron chi connectivity index (χ3n) is 4.14. The number of aromatic amines is 1. The van der Waals surface area contributed by atoms with Crippen molar-refractivity contribution in [2.24, 2.45) is 5.73 Å². The largest absolute Gasteiger partial charge is 0.366 e. The lowest BCUT2D eigenvalue weighted by atomic mass is 9.89. The summed E-state index contributed by atoms with van der Waals surface area (Å²) in [7, 11) is 0. The highest BCUT2D eigenvalue weighted by molar-refractivity contribution is 5.94. The zero-order chi connectivity index (χ0) is 16.1. The average molecular weight is 305 g/mol. The molecule has 0 aliphatic heterocycles. The molecule has 3 N–H and O–H groups in total. The molecule has 0 radical (unpaired) electrons. The quantitative estimate of drug-likeness (QED) is 0.762. The van der Waals surface area contributed by atoms with Gasteiger partial charge in [-0.2, -0.15) is 5.10 Å². The van der Waals surface area contributed by atoms with Crippen LogP contribution in [-0.2, 0) is 6.42 Å². The number of nitrogens with one attached hydrogen (secondary N) is 1. The van der Waals surface area contributed by atoms with Gasteiger partial charge in [-0.05, 0) is 41.7 Å². The van der Waals surface area contributed by atoms with E-state index in [4.69, 9.17) is 5.73 Å². The number of hydrogen-bond donors (Lipinski definition) is 2. The number of nitrogens with zero attached hydrogens (tertiary/aromatic N) is 1. The summed E-state index contributed by atoms with van der Waals surface area (Å²) in [5.41, 5.74) is 9.91. The van der Waals surface area contributed by atoms with Crippen LogP contribution in [0.4, 0.5) is 0 Å². The lowest BCUT2D eigenvalue weighted by Gasteiger charge is -2.15. The van der Waals surface area contributed by atoms with Crippen LogP contribution < -0.4 is 5.73 Å². The Kier molecular flexibility index (Phi) is 4.52. The number of nitrogens with two attached hydrogens (primary N) is 1. The first kappa shape index (κ1) is 15.0. The molecule has 0 spiro atoms. The second kappa shape index (κ2) is 6.92. The summed E-state index contributed by atoms with van der Waals surface area (Å²) in [6, 6.07) is 18.0. The van der Waals surface area contributed by atoms with E-state index < -0.39 is 0 Å². The monoisotopic (exact) mass is 305 g/mol. The third kappa shape index (κ3) is 3.31. The molecular formula is C19H19N3O. The maximum absolute atomic E-state index is 11.5. The van der Waals surface area contributed by atoms with Crippen molar-refractivity contribution in [3.63, 3.8) is 0 Å². The van der Waals surface area contributed by atoms with Gasteiger partial charge in [-0.1, -0.05) is 42.5 Å². The van der Waals surface area contributed by atoms with Gasteiger partial charge >= 0.3 is 0 Å². The molecule has 0 bridgehead atoms. The maximum Gasteiger partial charge on any atom is 0.248 e. The number of primary amides is 1. The molecule has 1 aliphatic carbocycles. The van der Waals surface area contributed by atoms with E-state index in [1.54, 1.807) is 12.4 Å². The van der Waals surface area contributed by atoms with Crippen LogP contribution in [-0.4, -0.2) is 16.1 Å². The van der Waals surface area contributed by atoms with Crippen LogP contribution >= 0.6 is 0 Å². The molecule has 1 heterocycles. The number of aryl methyl sites for hydroxylation is 1. The number of carbonyl (C=O) groups is 1. The van der Waals surface area contributed by atoms with Crippen LogP contribution in [0.1, 0.15) is 39.4 Å². The number of H-pyrrole nitrogens is 1. The van der Waals surface area contributed by atoms with Crippen LogP contribution in [0.15, 0.2) is 67.0 Å². The SMILES string of the molecule is NC(=O)c1ccccc1C1CCc2ccccc21.c1cn[nH]c1. The predicted molar refractivity (Wildman–Crippen MR) is 90.2 cm³/mol. The normalized spacial score (nSPS) is 15.4. The van der Waals surface area contributed by atoms with E-state index in [0.29, 0.717) is 11.5 Å². The van der Waals surface area contributed by atoms with Crippen LogP contribution in [0.3, 0.4) is 0 Å². The first-order valence-corrected chi connectivity index (χ1v) is 7.67. The second-order valence-electron chi connectivity index (χ2n) is 5.51. The second-order valence-corrected chi connectivity index (χ2v) is 5.51. The van der Waals surface area contributed by atoms with Crippen LogP contribution in [0, 0.1) is 0 Å². The Labute approximate surface area is 135 Å². The Hall–Kier alpha value is -2.88. The van der Waals surface area contributed by atoms with Crippen molar-refractivity contribution in [1.82, 2.24) is 10.2 Å². The molecule has 1 amide bonds. The number of benzene rings is 2. The number of fused-ring (bicyclic) bond motifs is 1. The van der Waals surface area contributed by atoms with Gasteiger partial charge in [0.15, 0.2) is 0 Å². The van der Waals surface area contributed by atoms with Crippen molar-refractivity contribution < 1.29 is 4.79 Å². The first-order chi connectivity index (χ1) is 11.3. The Morgan fingerprint density at radius 3 is 2.43 bits per heavy atom.